The maximum absolute atomic E-state index is 13.4. The van der Waals surface area contributed by atoms with Gasteiger partial charge in [0.25, 0.3) is 0 Å². The van der Waals surface area contributed by atoms with E-state index < -0.39 is 29.5 Å². The van der Waals surface area contributed by atoms with Crippen molar-refractivity contribution in [1.82, 2.24) is 4.90 Å². The minimum atomic E-state index is -1.51. The maximum atomic E-state index is 13.4. The molecule has 1 heterocycles. The Kier molecular flexibility index (Phi) is 4.32. The summed E-state index contributed by atoms with van der Waals surface area (Å²) >= 11 is 0. The van der Waals surface area contributed by atoms with Crippen molar-refractivity contribution in [2.45, 2.75) is 38.3 Å². The molecule has 0 saturated carbocycles. The fourth-order valence-electron chi connectivity index (χ4n) is 2.66. The highest BCUT2D eigenvalue weighted by Crippen LogP contribution is 2.32. The third-order valence-electron chi connectivity index (χ3n) is 3.57. The van der Waals surface area contributed by atoms with Crippen LogP contribution in [-0.4, -0.2) is 23.4 Å². The Morgan fingerprint density at radius 3 is 2.45 bits per heavy atom. The van der Waals surface area contributed by atoms with Crippen LogP contribution in [0.1, 0.15) is 37.8 Å². The number of carbonyl (C=O) groups excluding carboxylic acids is 1. The lowest BCUT2D eigenvalue weighted by Gasteiger charge is -2.40. The zero-order chi connectivity index (χ0) is 14.9. The molecule has 2 N–H and O–H groups in total. The number of likely N-dealkylation sites (tertiary alicyclic amines) is 1. The van der Waals surface area contributed by atoms with Crippen molar-refractivity contribution < 1.29 is 18.0 Å². The monoisotopic (exact) mass is 286 g/mol. The summed E-state index contributed by atoms with van der Waals surface area (Å²) in [5, 5.41) is 0. The summed E-state index contributed by atoms with van der Waals surface area (Å²) in [6.07, 6.45) is 1.48. The molecule has 0 spiro atoms. The minimum Gasteiger partial charge on any atom is -0.334 e. The first-order valence-corrected chi connectivity index (χ1v) is 6.65. The summed E-state index contributed by atoms with van der Waals surface area (Å²) in [6.45, 7) is 2.36. The van der Waals surface area contributed by atoms with Gasteiger partial charge in [0, 0.05) is 19.0 Å². The van der Waals surface area contributed by atoms with Crippen molar-refractivity contribution >= 4 is 5.91 Å². The number of carbonyl (C=O) groups is 1. The van der Waals surface area contributed by atoms with E-state index in [9.17, 15) is 18.0 Å². The molecule has 20 heavy (non-hydrogen) atoms. The molecule has 2 unspecified atom stereocenters. The normalized spacial score (nSPS) is 23.2. The van der Waals surface area contributed by atoms with Crippen LogP contribution in [0.2, 0.25) is 0 Å². The van der Waals surface area contributed by atoms with Gasteiger partial charge in [-0.05, 0) is 30.5 Å². The topological polar surface area (TPSA) is 46.3 Å². The van der Waals surface area contributed by atoms with Crippen LogP contribution in [-0.2, 0) is 4.79 Å². The molecule has 0 aliphatic carbocycles. The largest absolute Gasteiger partial charge is 0.334 e. The molecule has 1 aliphatic rings. The molecule has 0 radical (unpaired) electrons. The number of hydrogen-bond donors (Lipinski definition) is 1. The van der Waals surface area contributed by atoms with Crippen molar-refractivity contribution in [3.63, 3.8) is 0 Å². The third-order valence-corrected chi connectivity index (χ3v) is 3.57. The van der Waals surface area contributed by atoms with Crippen LogP contribution in [0.25, 0.3) is 0 Å². The number of amides is 1. The van der Waals surface area contributed by atoms with E-state index in [0.29, 0.717) is 25.8 Å². The predicted octanol–water partition coefficient (Wildman–Crippen LogP) is 2.50. The zero-order valence-corrected chi connectivity index (χ0v) is 11.2. The average molecular weight is 286 g/mol. The van der Waals surface area contributed by atoms with E-state index in [1.54, 1.807) is 0 Å². The number of hydrogen-bond acceptors (Lipinski definition) is 2. The van der Waals surface area contributed by atoms with Crippen LogP contribution >= 0.6 is 0 Å². The van der Waals surface area contributed by atoms with Crippen LogP contribution in [0, 0.1) is 17.5 Å². The Morgan fingerprint density at radius 1 is 1.30 bits per heavy atom. The van der Waals surface area contributed by atoms with E-state index in [1.165, 1.54) is 4.90 Å². The molecule has 1 fully saturated rings. The standard InChI is InChI=1S/C14H17F3N2O/c1-2-5-19-12(20)4-3-11(18)14(19)8-6-9(15)13(17)10(16)7-8/h6-7,11,14H,2-5,18H2,1H3. The van der Waals surface area contributed by atoms with Crippen LogP contribution in [0.4, 0.5) is 13.2 Å². The van der Waals surface area contributed by atoms with E-state index in [1.807, 2.05) is 6.92 Å². The molecule has 3 nitrogen and oxygen atoms in total. The Labute approximate surface area is 115 Å². The van der Waals surface area contributed by atoms with E-state index in [2.05, 4.69) is 0 Å². The Balaban J connectivity index is 2.43. The second-order valence-corrected chi connectivity index (χ2v) is 5.03. The number of piperidine rings is 1. The lowest BCUT2D eigenvalue weighted by atomic mass is 9.90. The first-order valence-electron chi connectivity index (χ1n) is 6.65. The molecule has 0 bridgehead atoms. The van der Waals surface area contributed by atoms with Gasteiger partial charge in [-0.15, -0.1) is 0 Å². The zero-order valence-electron chi connectivity index (χ0n) is 11.2. The SMILES string of the molecule is CCCN1C(=O)CCC(N)C1c1cc(F)c(F)c(F)c1. The van der Waals surface area contributed by atoms with Gasteiger partial charge in [-0.1, -0.05) is 6.92 Å². The number of benzene rings is 1. The smallest absolute Gasteiger partial charge is 0.223 e. The van der Waals surface area contributed by atoms with Gasteiger partial charge in [0.05, 0.1) is 6.04 Å². The Hall–Kier alpha value is -1.56. The highest BCUT2D eigenvalue weighted by Gasteiger charge is 2.35. The van der Waals surface area contributed by atoms with Crippen LogP contribution < -0.4 is 5.73 Å². The van der Waals surface area contributed by atoms with Crippen molar-refractivity contribution in [3.05, 3.63) is 35.1 Å². The number of halogens is 3. The molecule has 0 aromatic heterocycles. The molecule has 2 atom stereocenters. The highest BCUT2D eigenvalue weighted by molar-refractivity contribution is 5.78. The first-order chi connectivity index (χ1) is 9.45. The summed E-state index contributed by atoms with van der Waals surface area (Å²) in [4.78, 5) is 13.5. The second-order valence-electron chi connectivity index (χ2n) is 5.03. The molecule has 1 aromatic carbocycles. The lowest BCUT2D eigenvalue weighted by molar-refractivity contribution is -0.137. The molecular formula is C14H17F3N2O. The maximum Gasteiger partial charge on any atom is 0.223 e. The first kappa shape index (κ1) is 14.8. The molecule has 6 heteroatoms. The van der Waals surface area contributed by atoms with E-state index in [4.69, 9.17) is 5.73 Å². The molecule has 1 aromatic rings. The molecule has 110 valence electrons. The quantitative estimate of drug-likeness (QED) is 0.868. The van der Waals surface area contributed by atoms with Crippen LogP contribution in [0.15, 0.2) is 12.1 Å². The van der Waals surface area contributed by atoms with Crippen molar-refractivity contribution in [1.29, 1.82) is 0 Å². The van der Waals surface area contributed by atoms with Gasteiger partial charge in [0.2, 0.25) is 5.91 Å². The highest BCUT2D eigenvalue weighted by atomic mass is 19.2. The van der Waals surface area contributed by atoms with Crippen LogP contribution in [0.5, 0.6) is 0 Å². The molecule has 1 amide bonds. The molecule has 1 aliphatic heterocycles. The Bertz CT molecular complexity index is 498. The van der Waals surface area contributed by atoms with E-state index >= 15 is 0 Å². The van der Waals surface area contributed by atoms with Gasteiger partial charge in [-0.2, -0.15) is 0 Å². The van der Waals surface area contributed by atoms with Gasteiger partial charge in [0.1, 0.15) is 0 Å². The van der Waals surface area contributed by atoms with Gasteiger partial charge in [-0.25, -0.2) is 13.2 Å². The summed E-state index contributed by atoms with van der Waals surface area (Å²) < 4.78 is 39.8. The number of nitrogens with zero attached hydrogens (tertiary/aromatic N) is 1. The number of rotatable bonds is 3. The van der Waals surface area contributed by atoms with Crippen molar-refractivity contribution in [2.24, 2.45) is 5.73 Å². The predicted molar refractivity (Wildman–Crippen MR) is 68.3 cm³/mol. The van der Waals surface area contributed by atoms with E-state index in [-0.39, 0.29) is 11.5 Å². The lowest BCUT2D eigenvalue weighted by Crippen LogP contribution is -2.49. The average Bonchev–Trinajstić information content (AvgIpc) is 2.40. The number of nitrogens with two attached hydrogens (primary N) is 1. The van der Waals surface area contributed by atoms with Gasteiger partial charge < -0.3 is 10.6 Å². The molecule has 1 saturated heterocycles. The van der Waals surface area contributed by atoms with Crippen molar-refractivity contribution in [2.75, 3.05) is 6.54 Å². The molecule has 2 rings (SSSR count). The summed E-state index contributed by atoms with van der Waals surface area (Å²) in [5.74, 6) is -4.13. The van der Waals surface area contributed by atoms with Crippen LogP contribution in [0.3, 0.4) is 0 Å². The summed E-state index contributed by atoms with van der Waals surface area (Å²) in [6, 6.07) is 0.818. The van der Waals surface area contributed by atoms with Gasteiger partial charge in [-0.3, -0.25) is 4.79 Å². The fourth-order valence-corrected chi connectivity index (χ4v) is 2.66. The Morgan fingerprint density at radius 2 is 1.90 bits per heavy atom. The van der Waals surface area contributed by atoms with E-state index in [0.717, 1.165) is 12.1 Å². The summed E-state index contributed by atoms with van der Waals surface area (Å²) in [5.41, 5.74) is 6.20. The van der Waals surface area contributed by atoms with Gasteiger partial charge in [0.15, 0.2) is 17.5 Å². The summed E-state index contributed by atoms with van der Waals surface area (Å²) in [7, 11) is 0. The molecular weight excluding hydrogens is 269 g/mol. The van der Waals surface area contributed by atoms with Crippen molar-refractivity contribution in [3.8, 4) is 0 Å². The van der Waals surface area contributed by atoms with Gasteiger partial charge >= 0.3 is 0 Å². The third kappa shape index (κ3) is 2.65. The fraction of sp³-hybridized carbons (Fsp3) is 0.500. The second kappa shape index (κ2) is 5.83. The minimum absolute atomic E-state index is 0.0938.